The van der Waals surface area contributed by atoms with Gasteiger partial charge in [-0.2, -0.15) is 16.8 Å². The molecule has 0 aromatic heterocycles. The zero-order valence-corrected chi connectivity index (χ0v) is 30.2. The summed E-state index contributed by atoms with van der Waals surface area (Å²) in [5.74, 6) is 0.889. The zero-order chi connectivity index (χ0) is 34.2. The van der Waals surface area contributed by atoms with E-state index in [1.165, 1.54) is 56.9 Å². The van der Waals surface area contributed by atoms with Crippen LogP contribution in [0, 0.1) is 0 Å². The van der Waals surface area contributed by atoms with Crippen molar-refractivity contribution in [3.63, 3.8) is 0 Å². The Hall–Kier alpha value is -3.91. The zero-order valence-electron chi connectivity index (χ0n) is 26.7. The van der Waals surface area contributed by atoms with E-state index in [2.05, 4.69) is 73.8 Å². The van der Waals surface area contributed by atoms with Gasteiger partial charge in [-0.15, -0.1) is 11.8 Å². The van der Waals surface area contributed by atoms with Crippen LogP contribution in [0.1, 0.15) is 22.3 Å². The van der Waals surface area contributed by atoms with E-state index in [1.807, 2.05) is 35.7 Å². The molecule has 0 fully saturated rings. The second-order valence-electron chi connectivity index (χ2n) is 12.8. The van der Waals surface area contributed by atoms with E-state index in [9.17, 15) is 25.9 Å². The van der Waals surface area contributed by atoms with E-state index in [0.717, 1.165) is 28.5 Å². The summed E-state index contributed by atoms with van der Waals surface area (Å²) in [5.41, 5.74) is 8.72. The molecule has 0 unspecified atom stereocenters. The maximum Gasteiger partial charge on any atom is 0.294 e. The third kappa shape index (κ3) is 5.18. The van der Waals surface area contributed by atoms with Crippen LogP contribution in [0.3, 0.4) is 0 Å². The lowest BCUT2D eigenvalue weighted by molar-refractivity contribution is 0.481. The maximum absolute atomic E-state index is 11.6. The average molecular weight is 715 g/mol. The fourth-order valence-corrected chi connectivity index (χ4v) is 13.1. The maximum atomic E-state index is 11.6. The van der Waals surface area contributed by atoms with Gasteiger partial charge in [0.15, 0.2) is 0 Å². The summed E-state index contributed by atoms with van der Waals surface area (Å²) in [7, 11) is -7.05. The predicted octanol–water partition coefficient (Wildman–Crippen LogP) is 6.39. The molecule has 0 atom stereocenters. The van der Waals surface area contributed by atoms with E-state index in [4.69, 9.17) is 0 Å². The fraction of sp³-hybridized carbons (Fsp3) is 0.167. The van der Waals surface area contributed by atoms with Crippen LogP contribution in [0.5, 0.6) is 0 Å². The first-order valence-corrected chi connectivity index (χ1v) is 22.1. The average Bonchev–Trinajstić information content (AvgIpc) is 3.46. The quantitative estimate of drug-likeness (QED) is 0.153. The van der Waals surface area contributed by atoms with Crippen LogP contribution in [0.15, 0.2) is 119 Å². The van der Waals surface area contributed by atoms with Crippen LogP contribution in [0.4, 0.5) is 22.7 Å². The highest BCUT2D eigenvalue weighted by Gasteiger charge is 2.52. The lowest BCUT2D eigenvalue weighted by Gasteiger charge is -2.45. The molecule has 8 nitrogen and oxygen atoms in total. The van der Waals surface area contributed by atoms with E-state index in [-0.39, 0.29) is 9.79 Å². The van der Waals surface area contributed by atoms with Gasteiger partial charge < -0.3 is 9.80 Å². The third-order valence-electron chi connectivity index (χ3n) is 9.77. The summed E-state index contributed by atoms with van der Waals surface area (Å²) in [4.78, 5) is 3.75. The van der Waals surface area contributed by atoms with E-state index in [1.54, 1.807) is 24.3 Å². The second-order valence-corrected chi connectivity index (χ2v) is 21.1. The minimum Gasteiger partial charge on any atom is -0.345 e. The van der Waals surface area contributed by atoms with Crippen molar-refractivity contribution in [1.82, 2.24) is 0 Å². The lowest BCUT2D eigenvalue weighted by atomic mass is 9.81. The van der Waals surface area contributed by atoms with Crippen molar-refractivity contribution in [1.29, 1.82) is 0 Å². The summed E-state index contributed by atoms with van der Waals surface area (Å²) in [5, 5.41) is 2.63. The molecule has 12 heteroatoms. The largest absolute Gasteiger partial charge is 0.345 e. The molecule has 0 amide bonds. The van der Waals surface area contributed by atoms with Crippen molar-refractivity contribution in [2.24, 2.45) is 0 Å². The van der Waals surface area contributed by atoms with Crippen LogP contribution < -0.4 is 20.2 Å². The molecule has 1 spiro atoms. The molecule has 2 N–H and O–H groups in total. The van der Waals surface area contributed by atoms with Crippen molar-refractivity contribution < 1.29 is 25.9 Å². The molecule has 7 rings (SSSR count). The summed E-state index contributed by atoms with van der Waals surface area (Å²) in [6.07, 6.45) is 0. The molecule has 0 bridgehead atoms. The molecule has 0 aliphatic carbocycles. The Bertz CT molecular complexity index is 2170. The van der Waals surface area contributed by atoms with Crippen LogP contribution in [-0.4, -0.2) is 48.1 Å². The van der Waals surface area contributed by atoms with Crippen molar-refractivity contribution in [2.75, 3.05) is 23.9 Å². The summed E-state index contributed by atoms with van der Waals surface area (Å²) in [6.45, 7) is 4.75. The van der Waals surface area contributed by atoms with Gasteiger partial charge in [0.1, 0.15) is 8.07 Å². The van der Waals surface area contributed by atoms with E-state index >= 15 is 0 Å². The van der Waals surface area contributed by atoms with Gasteiger partial charge in [-0.3, -0.25) is 9.11 Å². The fourth-order valence-electron chi connectivity index (χ4n) is 7.10. The van der Waals surface area contributed by atoms with Crippen LogP contribution in [0.2, 0.25) is 13.1 Å². The molecule has 48 heavy (non-hydrogen) atoms. The Morgan fingerprint density at radius 2 is 1.02 bits per heavy atom. The van der Waals surface area contributed by atoms with E-state index in [0.29, 0.717) is 0 Å². The highest BCUT2D eigenvalue weighted by Crippen LogP contribution is 2.57. The van der Waals surface area contributed by atoms with Crippen molar-refractivity contribution >= 4 is 73.2 Å². The van der Waals surface area contributed by atoms with Gasteiger partial charge in [0.25, 0.3) is 20.2 Å². The summed E-state index contributed by atoms with van der Waals surface area (Å²) < 4.78 is 65.1. The van der Waals surface area contributed by atoms with Crippen molar-refractivity contribution in [2.45, 2.75) is 33.4 Å². The van der Waals surface area contributed by atoms with Crippen LogP contribution >= 0.6 is 11.8 Å². The molecule has 5 aromatic carbocycles. The molecule has 0 saturated heterocycles. The minimum atomic E-state index is -4.29. The molecule has 246 valence electrons. The smallest absolute Gasteiger partial charge is 0.294 e. The number of fused-ring (bicyclic) bond motifs is 6. The summed E-state index contributed by atoms with van der Waals surface area (Å²) >= 11 is 1.94. The SMILES string of the molecule is CN(c1ccc(S(=O)(=O)O)cc1)c1ccc2c(c1)[Si](C)(C)c1cc(N(C)c3ccc(S(=O)(=O)O)cc3)ccc1C21SCc2ccccc21. The monoisotopic (exact) mass is 714 g/mol. The van der Waals surface area contributed by atoms with Gasteiger partial charge in [0.05, 0.1) is 14.5 Å². The Balaban J connectivity index is 1.37. The van der Waals surface area contributed by atoms with Gasteiger partial charge in [0.2, 0.25) is 0 Å². The first-order chi connectivity index (χ1) is 22.6. The van der Waals surface area contributed by atoms with Gasteiger partial charge in [-0.1, -0.05) is 49.5 Å². The third-order valence-corrected chi connectivity index (χ3v) is 16.6. The minimum absolute atomic E-state index is 0.149. The Labute approximate surface area is 286 Å². The molecule has 5 aromatic rings. The van der Waals surface area contributed by atoms with E-state index < -0.39 is 33.1 Å². The molecular formula is C36H34N2O6S3Si. The van der Waals surface area contributed by atoms with Crippen LogP contribution in [-0.2, 0) is 30.7 Å². The first-order valence-electron chi connectivity index (χ1n) is 15.3. The highest BCUT2D eigenvalue weighted by molar-refractivity contribution is 8.00. The molecule has 0 saturated carbocycles. The summed E-state index contributed by atoms with van der Waals surface area (Å²) in [6, 6.07) is 34.4. The van der Waals surface area contributed by atoms with Gasteiger partial charge in [-0.05, 0) is 105 Å². The number of hydrogen-bond donors (Lipinski definition) is 2. The Kier molecular flexibility index (Phi) is 7.70. The highest BCUT2D eigenvalue weighted by atomic mass is 32.2. The Morgan fingerprint density at radius 1 is 0.604 bits per heavy atom. The molecule has 0 radical (unpaired) electrons. The number of nitrogens with zero attached hydrogens (tertiary/aromatic N) is 2. The first kappa shape index (κ1) is 32.6. The molecule has 2 aliphatic rings. The Morgan fingerprint density at radius 3 is 1.46 bits per heavy atom. The second kappa shape index (κ2) is 11.3. The normalized spacial score (nSPS) is 15.8. The molecule has 2 aliphatic heterocycles. The molecule has 2 heterocycles. The number of rotatable bonds is 6. The molecular weight excluding hydrogens is 681 g/mol. The number of anilines is 4. The van der Waals surface area contributed by atoms with Gasteiger partial charge >= 0.3 is 0 Å². The standard InChI is InChI=1S/C36H34N2O6S3Si/c1-37(25-9-15-29(16-10-25)46(39,40)41)27-13-19-32-34(21-27)48(3,4)35-22-28(38(2)26-11-17-30(18-12-26)47(42,43)44)14-20-33(35)36(32)31-8-6-5-7-24(31)23-45-36/h5-22H,23H2,1-4H3,(H,39,40,41)(H,42,43,44). The van der Waals surface area contributed by atoms with Gasteiger partial charge in [-0.25, -0.2) is 0 Å². The van der Waals surface area contributed by atoms with Crippen molar-refractivity contribution in [3.05, 3.63) is 131 Å². The lowest BCUT2D eigenvalue weighted by Crippen LogP contribution is -2.62. The number of benzene rings is 5. The topological polar surface area (TPSA) is 115 Å². The number of hydrogen-bond acceptors (Lipinski definition) is 7. The van der Waals surface area contributed by atoms with Gasteiger partial charge in [0, 0.05) is 42.6 Å². The number of thioether (sulfide) groups is 1. The van der Waals surface area contributed by atoms with Crippen molar-refractivity contribution in [3.8, 4) is 0 Å². The van der Waals surface area contributed by atoms with Crippen LogP contribution in [0.25, 0.3) is 0 Å². The predicted molar refractivity (Wildman–Crippen MR) is 196 cm³/mol.